The molecule has 122 valence electrons. The van der Waals surface area contributed by atoms with E-state index in [4.69, 9.17) is 21.6 Å². The molecule has 0 aromatic heterocycles. The summed E-state index contributed by atoms with van der Waals surface area (Å²) < 4.78 is 5.35. The molecular weight excluding hydrogens is 326 g/mol. The molecular formula is C18H16ClN3O2. The number of halogens is 1. The van der Waals surface area contributed by atoms with Crippen molar-refractivity contribution in [2.45, 2.75) is 6.92 Å². The Labute approximate surface area is 145 Å². The van der Waals surface area contributed by atoms with E-state index in [2.05, 4.69) is 10.6 Å². The van der Waals surface area contributed by atoms with Gasteiger partial charge in [-0.15, -0.1) is 0 Å². The molecule has 6 heteroatoms. The van der Waals surface area contributed by atoms with E-state index in [0.29, 0.717) is 17.3 Å². The summed E-state index contributed by atoms with van der Waals surface area (Å²) in [5.41, 5.74) is 1.26. The number of amides is 1. The summed E-state index contributed by atoms with van der Waals surface area (Å²) in [5.74, 6) is 0.256. The van der Waals surface area contributed by atoms with Crippen molar-refractivity contribution in [1.82, 2.24) is 0 Å². The molecule has 0 fully saturated rings. The van der Waals surface area contributed by atoms with Gasteiger partial charge in [0.25, 0.3) is 5.91 Å². The highest BCUT2D eigenvalue weighted by atomic mass is 35.5. The predicted octanol–water partition coefficient (Wildman–Crippen LogP) is 4.20. The molecule has 0 unspecified atom stereocenters. The van der Waals surface area contributed by atoms with Crippen LogP contribution in [-0.2, 0) is 4.79 Å². The highest BCUT2D eigenvalue weighted by Gasteiger charge is 2.09. The minimum Gasteiger partial charge on any atom is -0.494 e. The molecule has 2 rings (SSSR count). The van der Waals surface area contributed by atoms with E-state index in [1.165, 1.54) is 6.20 Å². The van der Waals surface area contributed by atoms with Crippen molar-refractivity contribution in [3.8, 4) is 11.8 Å². The van der Waals surface area contributed by atoms with Crippen LogP contribution in [0, 0.1) is 11.3 Å². The van der Waals surface area contributed by atoms with Crippen LogP contribution in [0.2, 0.25) is 5.02 Å². The first kappa shape index (κ1) is 17.4. The number of nitriles is 1. The first-order valence-electron chi connectivity index (χ1n) is 7.29. The first-order valence-corrected chi connectivity index (χ1v) is 7.66. The zero-order valence-electron chi connectivity index (χ0n) is 13.0. The number of hydrogen-bond acceptors (Lipinski definition) is 4. The molecule has 2 aromatic rings. The molecule has 0 aliphatic rings. The number of carbonyl (C=O) groups excluding carboxylic acids is 1. The van der Waals surface area contributed by atoms with Gasteiger partial charge in [0.15, 0.2) is 0 Å². The summed E-state index contributed by atoms with van der Waals surface area (Å²) in [4.78, 5) is 12.1. The molecule has 0 aliphatic carbocycles. The number of nitrogens with one attached hydrogen (secondary N) is 2. The van der Waals surface area contributed by atoms with Gasteiger partial charge in [-0.05, 0) is 55.5 Å². The van der Waals surface area contributed by atoms with Gasteiger partial charge in [-0.3, -0.25) is 4.79 Å². The summed E-state index contributed by atoms with van der Waals surface area (Å²) in [5, 5.41) is 15.3. The number of carbonyl (C=O) groups is 1. The van der Waals surface area contributed by atoms with Crippen molar-refractivity contribution in [3.63, 3.8) is 0 Å². The molecule has 24 heavy (non-hydrogen) atoms. The standard InChI is InChI=1S/C18H16ClN3O2/c1-2-24-17-9-7-15(8-10-17)21-12-13(11-20)18(23)22-16-5-3-14(19)4-6-16/h3-10,12,21H,2H2,1H3,(H,22,23)/b13-12-. The highest BCUT2D eigenvalue weighted by Crippen LogP contribution is 2.17. The average molecular weight is 342 g/mol. The second kappa shape index (κ2) is 8.61. The Kier molecular flexibility index (Phi) is 6.23. The SMILES string of the molecule is CCOc1ccc(N/C=C(/C#N)C(=O)Nc2ccc(Cl)cc2)cc1. The quantitative estimate of drug-likeness (QED) is 0.610. The Balaban J connectivity index is 2.01. The number of benzene rings is 2. The van der Waals surface area contributed by atoms with Crippen LogP contribution in [0.15, 0.2) is 60.3 Å². The fourth-order valence-corrected chi connectivity index (χ4v) is 1.98. The first-order chi connectivity index (χ1) is 11.6. The Morgan fingerprint density at radius 3 is 2.38 bits per heavy atom. The van der Waals surface area contributed by atoms with Crippen molar-refractivity contribution >= 4 is 28.9 Å². The maximum absolute atomic E-state index is 12.1. The molecule has 2 N–H and O–H groups in total. The van der Waals surface area contributed by atoms with Crippen LogP contribution in [0.25, 0.3) is 0 Å². The van der Waals surface area contributed by atoms with Crippen molar-refractivity contribution < 1.29 is 9.53 Å². The third-order valence-corrected chi connectivity index (χ3v) is 3.27. The topological polar surface area (TPSA) is 74.1 Å². The third kappa shape index (κ3) is 5.04. The number of anilines is 2. The second-order valence-electron chi connectivity index (χ2n) is 4.73. The maximum atomic E-state index is 12.1. The van der Waals surface area contributed by atoms with Gasteiger partial charge in [-0.2, -0.15) is 5.26 Å². The molecule has 0 aliphatic heterocycles. The fraction of sp³-hybridized carbons (Fsp3) is 0.111. The van der Waals surface area contributed by atoms with Crippen LogP contribution in [0.4, 0.5) is 11.4 Å². The Morgan fingerprint density at radius 1 is 1.17 bits per heavy atom. The molecule has 5 nitrogen and oxygen atoms in total. The van der Waals surface area contributed by atoms with E-state index in [1.807, 2.05) is 13.0 Å². The van der Waals surface area contributed by atoms with Crippen LogP contribution in [-0.4, -0.2) is 12.5 Å². The summed E-state index contributed by atoms with van der Waals surface area (Å²) in [6.45, 7) is 2.50. The lowest BCUT2D eigenvalue weighted by Gasteiger charge is -2.06. The summed E-state index contributed by atoms with van der Waals surface area (Å²) in [7, 11) is 0. The van der Waals surface area contributed by atoms with E-state index in [-0.39, 0.29) is 5.57 Å². The van der Waals surface area contributed by atoms with Gasteiger partial charge in [0.1, 0.15) is 17.4 Å². The Bertz CT molecular complexity index is 762. The van der Waals surface area contributed by atoms with Gasteiger partial charge < -0.3 is 15.4 Å². The number of nitrogens with zero attached hydrogens (tertiary/aromatic N) is 1. The Hall–Kier alpha value is -2.97. The monoisotopic (exact) mass is 341 g/mol. The van der Waals surface area contributed by atoms with E-state index in [9.17, 15) is 4.79 Å². The number of rotatable bonds is 6. The molecule has 0 radical (unpaired) electrons. The lowest BCUT2D eigenvalue weighted by molar-refractivity contribution is -0.112. The minimum atomic E-state index is -0.502. The molecule has 0 spiro atoms. The lowest BCUT2D eigenvalue weighted by Crippen LogP contribution is -2.14. The van der Waals surface area contributed by atoms with Crippen molar-refractivity contribution in [2.75, 3.05) is 17.2 Å². The van der Waals surface area contributed by atoms with Crippen molar-refractivity contribution in [2.24, 2.45) is 0 Å². The molecule has 0 saturated heterocycles. The van der Waals surface area contributed by atoms with Gasteiger partial charge in [0, 0.05) is 22.6 Å². The lowest BCUT2D eigenvalue weighted by atomic mass is 10.2. The van der Waals surface area contributed by atoms with Crippen LogP contribution in [0.5, 0.6) is 5.75 Å². The maximum Gasteiger partial charge on any atom is 0.267 e. The largest absolute Gasteiger partial charge is 0.494 e. The van der Waals surface area contributed by atoms with E-state index < -0.39 is 5.91 Å². The smallest absolute Gasteiger partial charge is 0.267 e. The predicted molar refractivity (Wildman–Crippen MR) is 95.0 cm³/mol. The minimum absolute atomic E-state index is 0.0427. The summed E-state index contributed by atoms with van der Waals surface area (Å²) in [6, 6.07) is 15.7. The molecule has 2 aromatic carbocycles. The number of hydrogen-bond donors (Lipinski definition) is 2. The number of ether oxygens (including phenoxy) is 1. The van der Waals surface area contributed by atoms with Gasteiger partial charge in [0.05, 0.1) is 6.61 Å². The highest BCUT2D eigenvalue weighted by molar-refractivity contribution is 6.30. The van der Waals surface area contributed by atoms with Crippen LogP contribution in [0.3, 0.4) is 0 Å². The average Bonchev–Trinajstić information content (AvgIpc) is 2.59. The molecule has 0 atom stereocenters. The molecule has 0 saturated carbocycles. The molecule has 0 heterocycles. The molecule has 1 amide bonds. The van der Waals surface area contributed by atoms with E-state index in [1.54, 1.807) is 48.5 Å². The van der Waals surface area contributed by atoms with Crippen LogP contribution >= 0.6 is 11.6 Å². The normalized spacial score (nSPS) is 10.6. The van der Waals surface area contributed by atoms with Gasteiger partial charge >= 0.3 is 0 Å². The Morgan fingerprint density at radius 2 is 1.79 bits per heavy atom. The summed E-state index contributed by atoms with van der Waals surface area (Å²) >= 11 is 5.79. The molecule has 0 bridgehead atoms. The fourth-order valence-electron chi connectivity index (χ4n) is 1.85. The third-order valence-electron chi connectivity index (χ3n) is 3.02. The van der Waals surface area contributed by atoms with Crippen molar-refractivity contribution in [3.05, 3.63) is 65.3 Å². The van der Waals surface area contributed by atoms with Crippen LogP contribution < -0.4 is 15.4 Å². The zero-order chi connectivity index (χ0) is 17.4. The second-order valence-corrected chi connectivity index (χ2v) is 5.17. The van der Waals surface area contributed by atoms with Gasteiger partial charge in [0.2, 0.25) is 0 Å². The van der Waals surface area contributed by atoms with Crippen LogP contribution in [0.1, 0.15) is 6.92 Å². The van der Waals surface area contributed by atoms with Gasteiger partial charge in [-0.25, -0.2) is 0 Å². The summed E-state index contributed by atoms with van der Waals surface area (Å²) in [6.07, 6.45) is 1.36. The van der Waals surface area contributed by atoms with Gasteiger partial charge in [-0.1, -0.05) is 11.6 Å². The van der Waals surface area contributed by atoms with E-state index in [0.717, 1.165) is 11.4 Å². The van der Waals surface area contributed by atoms with Crippen molar-refractivity contribution in [1.29, 1.82) is 5.26 Å². The zero-order valence-corrected chi connectivity index (χ0v) is 13.8. The van der Waals surface area contributed by atoms with E-state index >= 15 is 0 Å².